The first-order valence-electron chi connectivity index (χ1n) is 25.6. The lowest BCUT2D eigenvalue weighted by Crippen LogP contribution is -2.28. The van der Waals surface area contributed by atoms with Crippen LogP contribution in [0.15, 0.2) is 284 Å². The van der Waals surface area contributed by atoms with Gasteiger partial charge in [-0.2, -0.15) is 0 Å². The van der Waals surface area contributed by atoms with Crippen LogP contribution in [0.4, 0.5) is 17.1 Å². The Morgan fingerprint density at radius 1 is 0.270 bits per heavy atom. The van der Waals surface area contributed by atoms with Crippen molar-refractivity contribution >= 4 is 60.0 Å². The highest BCUT2D eigenvalue weighted by Crippen LogP contribution is 2.59. The minimum atomic E-state index is -0.522. The van der Waals surface area contributed by atoms with E-state index in [2.05, 4.69) is 289 Å². The van der Waals surface area contributed by atoms with Crippen LogP contribution in [0, 0.1) is 0 Å². The van der Waals surface area contributed by atoms with Crippen molar-refractivity contribution < 1.29 is 0 Å². The van der Waals surface area contributed by atoms with Gasteiger partial charge < -0.3 is 4.90 Å². The van der Waals surface area contributed by atoms with Gasteiger partial charge in [0.25, 0.3) is 0 Å². The molecule has 2 aliphatic carbocycles. The minimum absolute atomic E-state index is 0.478. The fraction of sp³-hybridized carbons (Fsp3) is 0.0278. The van der Waals surface area contributed by atoms with Crippen molar-refractivity contribution in [1.29, 1.82) is 0 Å². The molecule has 74 heavy (non-hydrogen) atoms. The molecule has 0 saturated carbocycles. The van der Waals surface area contributed by atoms with Gasteiger partial charge in [-0.25, -0.2) is 0 Å². The van der Waals surface area contributed by atoms with Crippen molar-refractivity contribution in [3.8, 4) is 33.4 Å². The van der Waals surface area contributed by atoms with E-state index in [1.807, 2.05) is 0 Å². The smallest absolute Gasteiger partial charge is 0.0714 e. The maximum atomic E-state index is 2.49. The quantitative estimate of drug-likeness (QED) is 0.137. The Kier molecular flexibility index (Phi) is 9.64. The van der Waals surface area contributed by atoms with Gasteiger partial charge in [0.05, 0.1) is 10.8 Å². The van der Waals surface area contributed by atoms with Crippen molar-refractivity contribution in [2.45, 2.75) is 10.8 Å². The summed E-state index contributed by atoms with van der Waals surface area (Å²) in [7, 11) is 0. The van der Waals surface area contributed by atoms with E-state index in [1.165, 1.54) is 110 Å². The maximum absolute atomic E-state index is 2.49. The summed E-state index contributed by atoms with van der Waals surface area (Å²) in [6, 6.07) is 105. The van der Waals surface area contributed by atoms with E-state index in [0.717, 1.165) is 17.1 Å². The zero-order chi connectivity index (χ0) is 48.8. The van der Waals surface area contributed by atoms with E-state index >= 15 is 0 Å². The van der Waals surface area contributed by atoms with Crippen LogP contribution in [-0.4, -0.2) is 0 Å². The lowest BCUT2D eigenvalue weighted by molar-refractivity contribution is 0.768. The monoisotopic (exact) mass is 957 g/mol. The lowest BCUT2D eigenvalue weighted by atomic mass is 9.67. The first-order chi connectivity index (χ1) is 36.7. The molecule has 0 radical (unpaired) electrons. The number of fused-ring (bicyclic) bond motifs is 10. The topological polar surface area (TPSA) is 3.24 Å². The summed E-state index contributed by atoms with van der Waals surface area (Å²) >= 11 is 1.79. The van der Waals surface area contributed by atoms with Gasteiger partial charge in [-0.05, 0) is 165 Å². The summed E-state index contributed by atoms with van der Waals surface area (Å²) in [6.45, 7) is 0. The fourth-order valence-corrected chi connectivity index (χ4v) is 14.0. The maximum Gasteiger partial charge on any atom is 0.0714 e. The molecule has 0 unspecified atom stereocenters. The van der Waals surface area contributed by atoms with Gasteiger partial charge in [0.1, 0.15) is 0 Å². The Morgan fingerprint density at radius 2 is 0.743 bits per heavy atom. The summed E-state index contributed by atoms with van der Waals surface area (Å²) in [4.78, 5) is 2.48. The van der Waals surface area contributed by atoms with E-state index in [4.69, 9.17) is 0 Å². The molecule has 0 aliphatic heterocycles. The number of thiophene rings is 1. The highest BCUT2D eigenvalue weighted by atomic mass is 32.1. The van der Waals surface area contributed by atoms with E-state index < -0.39 is 10.8 Å². The third-order valence-electron chi connectivity index (χ3n) is 16.3. The van der Waals surface area contributed by atoms with Gasteiger partial charge in [-0.1, -0.05) is 224 Å². The Morgan fingerprint density at radius 3 is 1.36 bits per heavy atom. The lowest BCUT2D eigenvalue weighted by Gasteiger charge is -2.35. The number of rotatable bonds is 8. The second-order valence-corrected chi connectivity index (χ2v) is 20.8. The Labute approximate surface area is 435 Å². The molecular weight excluding hydrogens is 911 g/mol. The van der Waals surface area contributed by atoms with Crippen LogP contribution in [0.5, 0.6) is 0 Å². The van der Waals surface area contributed by atoms with Gasteiger partial charge in [0.15, 0.2) is 0 Å². The van der Waals surface area contributed by atoms with Gasteiger partial charge >= 0.3 is 0 Å². The molecule has 346 valence electrons. The van der Waals surface area contributed by atoms with E-state index in [-0.39, 0.29) is 0 Å². The summed E-state index contributed by atoms with van der Waals surface area (Å²) in [5, 5.41) is 8.33. The van der Waals surface area contributed by atoms with Gasteiger partial charge in [-0.15, -0.1) is 11.3 Å². The Bertz CT molecular complexity index is 4230. The molecule has 0 spiro atoms. The molecular formula is C72H47NS. The van der Waals surface area contributed by atoms with Crippen molar-refractivity contribution in [1.82, 2.24) is 0 Å². The molecule has 15 rings (SSSR count). The molecule has 13 aromatic rings. The minimum Gasteiger partial charge on any atom is -0.310 e. The van der Waals surface area contributed by atoms with Crippen molar-refractivity contribution in [2.75, 3.05) is 4.90 Å². The van der Waals surface area contributed by atoms with Crippen LogP contribution < -0.4 is 4.90 Å². The molecule has 12 aromatic carbocycles. The van der Waals surface area contributed by atoms with Gasteiger partial charge in [0, 0.05) is 21.8 Å². The highest BCUT2D eigenvalue weighted by molar-refractivity contribution is 7.17. The van der Waals surface area contributed by atoms with Crippen molar-refractivity contribution in [2.24, 2.45) is 0 Å². The molecule has 1 heterocycles. The molecule has 0 fully saturated rings. The summed E-state index contributed by atoms with van der Waals surface area (Å²) in [5.74, 6) is 0. The highest BCUT2D eigenvalue weighted by Gasteiger charge is 2.47. The third kappa shape index (κ3) is 6.16. The zero-order valence-corrected chi connectivity index (χ0v) is 41.3. The number of benzene rings is 12. The van der Waals surface area contributed by atoms with Crippen molar-refractivity contribution in [3.05, 3.63) is 329 Å². The summed E-state index contributed by atoms with van der Waals surface area (Å²) < 4.78 is 1.28. The molecule has 0 amide bonds. The average molecular weight is 958 g/mol. The summed E-state index contributed by atoms with van der Waals surface area (Å²) in [5.41, 5.74) is 20.2. The van der Waals surface area contributed by atoms with Crippen molar-refractivity contribution in [3.63, 3.8) is 0 Å². The first kappa shape index (κ1) is 42.6. The Hall–Kier alpha value is -9.08. The van der Waals surface area contributed by atoms with E-state index in [9.17, 15) is 0 Å². The molecule has 2 aliphatic rings. The SMILES string of the molecule is c1ccc(C2(c3ccccc3)c3ccccc3-c3ccc(-c4cccc5c4ccc4ccc(N(c6ccc7c(c6)C(c6ccccc6)(c6ccccc6)c6ccccc6-7)c6ccc7sccc7c6)cc45)cc32)cc1. The fourth-order valence-electron chi connectivity index (χ4n) is 13.2. The van der Waals surface area contributed by atoms with Crippen LogP contribution in [0.25, 0.3) is 65.0 Å². The Balaban J connectivity index is 0.929. The number of hydrogen-bond donors (Lipinski definition) is 0. The summed E-state index contributed by atoms with van der Waals surface area (Å²) in [6.07, 6.45) is 0. The van der Waals surface area contributed by atoms with Crippen LogP contribution in [0.3, 0.4) is 0 Å². The average Bonchev–Trinajstić information content (AvgIpc) is 4.16. The molecule has 0 N–H and O–H groups in total. The number of hydrogen-bond acceptors (Lipinski definition) is 2. The van der Waals surface area contributed by atoms with Crippen LogP contribution in [0.2, 0.25) is 0 Å². The standard InChI is InChI=1S/C72H47NS/c1-5-18-51(19-6-1)71(52-20-7-2-8-21-52)66-30-15-13-26-61(66)63-39-34-49(45-68(63)71)58-28-17-29-59-60(58)38-33-48-32-35-56(46-65(48)59)73(55-37-41-70-50(44-55)42-43-74-70)57-36-40-64-62-27-14-16-31-67(62)72(69(64)47-57,53-22-9-3-10-23-53)54-24-11-4-12-25-54/h1-47H. The van der Waals surface area contributed by atoms with Crippen LogP contribution >= 0.6 is 11.3 Å². The van der Waals surface area contributed by atoms with E-state index in [0.29, 0.717) is 0 Å². The number of nitrogens with zero attached hydrogens (tertiary/aromatic N) is 1. The van der Waals surface area contributed by atoms with Gasteiger partial charge in [0.2, 0.25) is 0 Å². The second kappa shape index (κ2) is 16.7. The molecule has 0 bridgehead atoms. The third-order valence-corrected chi connectivity index (χ3v) is 17.2. The first-order valence-corrected chi connectivity index (χ1v) is 26.5. The molecule has 1 aromatic heterocycles. The molecule has 0 saturated heterocycles. The molecule has 0 atom stereocenters. The molecule has 1 nitrogen and oxygen atoms in total. The van der Waals surface area contributed by atoms with Gasteiger partial charge in [-0.3, -0.25) is 0 Å². The predicted octanol–water partition coefficient (Wildman–Crippen LogP) is 19.1. The van der Waals surface area contributed by atoms with E-state index in [1.54, 1.807) is 11.3 Å². The molecule has 2 heteroatoms. The second-order valence-electron chi connectivity index (χ2n) is 19.9. The predicted molar refractivity (Wildman–Crippen MR) is 312 cm³/mol. The zero-order valence-electron chi connectivity index (χ0n) is 40.5. The number of anilines is 3. The normalized spacial score (nSPS) is 13.6. The largest absolute Gasteiger partial charge is 0.310 e. The van der Waals surface area contributed by atoms with Crippen LogP contribution in [-0.2, 0) is 10.8 Å². The van der Waals surface area contributed by atoms with Crippen LogP contribution in [0.1, 0.15) is 44.5 Å².